The predicted molar refractivity (Wildman–Crippen MR) is 82.2 cm³/mol. The molecule has 1 heterocycles. The highest BCUT2D eigenvalue weighted by Crippen LogP contribution is 2.76. The minimum atomic E-state index is -2.72. The van der Waals surface area contributed by atoms with Crippen molar-refractivity contribution in [2.24, 2.45) is 0 Å². The van der Waals surface area contributed by atoms with E-state index in [1.54, 1.807) is 7.11 Å². The van der Waals surface area contributed by atoms with E-state index in [1.165, 1.54) is 0 Å². The molecule has 1 fully saturated rings. The van der Waals surface area contributed by atoms with Crippen LogP contribution in [0.15, 0.2) is 60.7 Å². The van der Waals surface area contributed by atoms with E-state index in [1.807, 2.05) is 36.4 Å². The topological polar surface area (TPSA) is 26.3 Å². The van der Waals surface area contributed by atoms with Crippen molar-refractivity contribution in [3.05, 3.63) is 71.8 Å². The summed E-state index contributed by atoms with van der Waals surface area (Å²) in [6.07, 6.45) is 1.85. The summed E-state index contributed by atoms with van der Waals surface area (Å²) in [6.45, 7) is 0. The average Bonchev–Trinajstić information content (AvgIpc) is 2.87. The van der Waals surface area contributed by atoms with Crippen LogP contribution in [0.25, 0.3) is 0 Å². The number of hydrogen-bond acceptors (Lipinski definition) is 2. The third-order valence-corrected chi connectivity index (χ3v) is 7.66. The van der Waals surface area contributed by atoms with E-state index in [2.05, 4.69) is 24.3 Å². The molecule has 3 heteroatoms. The summed E-state index contributed by atoms with van der Waals surface area (Å²) in [7, 11) is -1.12. The molecule has 0 radical (unpaired) electrons. The van der Waals surface area contributed by atoms with Crippen LogP contribution in [0.4, 0.5) is 0 Å². The van der Waals surface area contributed by atoms with Gasteiger partial charge in [-0.25, -0.2) is 0 Å². The Labute approximate surface area is 120 Å². The van der Waals surface area contributed by atoms with Gasteiger partial charge in [-0.1, -0.05) is 60.7 Å². The van der Waals surface area contributed by atoms with Crippen molar-refractivity contribution >= 4 is 7.37 Å². The molecule has 1 aliphatic heterocycles. The fourth-order valence-electron chi connectivity index (χ4n) is 3.25. The Bertz CT molecular complexity index is 558. The molecule has 0 unspecified atom stereocenters. The first-order valence-electron chi connectivity index (χ1n) is 7.01. The van der Waals surface area contributed by atoms with Gasteiger partial charge in [-0.05, 0) is 24.0 Å². The standard InChI is InChI=1S/C17H19O2P/c1-19-20(18)16(14-8-4-2-5-9-14)12-13-17(20)15-10-6-3-7-11-15/h2-11,16-17H,12-13H2,1H3/t16-,17-/m0/s1. The van der Waals surface area contributed by atoms with Gasteiger partial charge in [0.15, 0.2) is 0 Å². The van der Waals surface area contributed by atoms with Gasteiger partial charge < -0.3 is 4.52 Å². The summed E-state index contributed by atoms with van der Waals surface area (Å²) in [5, 5.41) is 0. The zero-order valence-corrected chi connectivity index (χ0v) is 12.5. The van der Waals surface area contributed by atoms with Gasteiger partial charge in [0.2, 0.25) is 7.37 Å². The highest BCUT2D eigenvalue weighted by Gasteiger charge is 2.47. The monoisotopic (exact) mass is 286 g/mol. The van der Waals surface area contributed by atoms with Crippen LogP contribution in [0.2, 0.25) is 0 Å². The van der Waals surface area contributed by atoms with Gasteiger partial charge >= 0.3 is 0 Å². The maximum absolute atomic E-state index is 13.4. The molecule has 104 valence electrons. The molecule has 0 spiro atoms. The van der Waals surface area contributed by atoms with Gasteiger partial charge in [0, 0.05) is 7.11 Å². The second kappa shape index (κ2) is 5.55. The van der Waals surface area contributed by atoms with Crippen LogP contribution in [0.1, 0.15) is 35.3 Å². The largest absolute Gasteiger partial charge is 0.331 e. The third-order valence-electron chi connectivity index (χ3n) is 4.24. The third kappa shape index (κ3) is 2.24. The Morgan fingerprint density at radius 1 is 0.850 bits per heavy atom. The van der Waals surface area contributed by atoms with E-state index in [4.69, 9.17) is 4.52 Å². The van der Waals surface area contributed by atoms with E-state index >= 15 is 0 Å². The molecule has 0 aromatic heterocycles. The summed E-state index contributed by atoms with van der Waals surface area (Å²) in [5.74, 6) is 0. The SMILES string of the molecule is COP1(=O)[C@H](c2ccccc2)CC[C@H]1c1ccccc1. The molecule has 1 saturated heterocycles. The first kappa shape index (κ1) is 13.6. The zero-order valence-electron chi connectivity index (χ0n) is 11.6. The van der Waals surface area contributed by atoms with Crippen molar-refractivity contribution in [1.29, 1.82) is 0 Å². The van der Waals surface area contributed by atoms with Crippen molar-refractivity contribution in [3.8, 4) is 0 Å². The predicted octanol–water partition coefficient (Wildman–Crippen LogP) is 5.19. The number of benzene rings is 2. The van der Waals surface area contributed by atoms with Crippen LogP contribution in [0.3, 0.4) is 0 Å². The molecular formula is C17H19O2P. The molecule has 0 amide bonds. The van der Waals surface area contributed by atoms with Crippen molar-refractivity contribution in [2.45, 2.75) is 24.2 Å². The lowest BCUT2D eigenvalue weighted by atomic mass is 10.0. The smallest absolute Gasteiger partial charge is 0.217 e. The van der Waals surface area contributed by atoms with Crippen LogP contribution in [-0.4, -0.2) is 7.11 Å². The fraction of sp³-hybridized carbons (Fsp3) is 0.294. The summed E-state index contributed by atoms with van der Waals surface area (Å²) >= 11 is 0. The van der Waals surface area contributed by atoms with Crippen molar-refractivity contribution < 1.29 is 9.09 Å². The zero-order chi connectivity index (χ0) is 14.0. The van der Waals surface area contributed by atoms with E-state index in [9.17, 15) is 4.57 Å². The maximum Gasteiger partial charge on any atom is 0.217 e. The molecule has 0 aliphatic carbocycles. The normalized spacial score (nSPS) is 24.6. The molecule has 2 atom stereocenters. The van der Waals surface area contributed by atoms with Crippen LogP contribution in [0, 0.1) is 0 Å². The van der Waals surface area contributed by atoms with Crippen LogP contribution in [-0.2, 0) is 9.09 Å². The maximum atomic E-state index is 13.4. The summed E-state index contributed by atoms with van der Waals surface area (Å²) in [4.78, 5) is 0. The molecular weight excluding hydrogens is 267 g/mol. The van der Waals surface area contributed by atoms with E-state index in [0.29, 0.717) is 0 Å². The van der Waals surface area contributed by atoms with Gasteiger partial charge in [-0.3, -0.25) is 4.57 Å². The summed E-state index contributed by atoms with van der Waals surface area (Å²) in [6, 6.07) is 20.2. The highest BCUT2D eigenvalue weighted by atomic mass is 31.2. The van der Waals surface area contributed by atoms with Gasteiger partial charge in [0.25, 0.3) is 0 Å². The van der Waals surface area contributed by atoms with Gasteiger partial charge in [0.1, 0.15) is 0 Å². The van der Waals surface area contributed by atoms with E-state index in [-0.39, 0.29) is 11.3 Å². The second-order valence-electron chi connectivity index (χ2n) is 5.26. The number of rotatable bonds is 3. The van der Waals surface area contributed by atoms with Crippen LogP contribution < -0.4 is 0 Å². The lowest BCUT2D eigenvalue weighted by Crippen LogP contribution is -2.00. The Morgan fingerprint density at radius 3 is 1.60 bits per heavy atom. The number of hydrogen-bond donors (Lipinski definition) is 0. The van der Waals surface area contributed by atoms with Crippen LogP contribution in [0.5, 0.6) is 0 Å². The van der Waals surface area contributed by atoms with Gasteiger partial charge in [-0.2, -0.15) is 0 Å². The molecule has 0 saturated carbocycles. The highest BCUT2D eigenvalue weighted by molar-refractivity contribution is 7.60. The minimum Gasteiger partial charge on any atom is -0.331 e. The Balaban J connectivity index is 1.99. The Kier molecular flexibility index (Phi) is 3.78. The Morgan fingerprint density at radius 2 is 1.25 bits per heavy atom. The summed E-state index contributed by atoms with van der Waals surface area (Å²) < 4.78 is 19.0. The molecule has 2 nitrogen and oxygen atoms in total. The van der Waals surface area contributed by atoms with Crippen molar-refractivity contribution in [3.63, 3.8) is 0 Å². The van der Waals surface area contributed by atoms with Crippen molar-refractivity contribution in [2.75, 3.05) is 7.11 Å². The molecule has 20 heavy (non-hydrogen) atoms. The van der Waals surface area contributed by atoms with Crippen LogP contribution >= 0.6 is 7.37 Å². The second-order valence-corrected chi connectivity index (χ2v) is 8.16. The molecule has 3 rings (SSSR count). The lowest BCUT2D eigenvalue weighted by Gasteiger charge is -2.24. The van der Waals surface area contributed by atoms with Gasteiger partial charge in [-0.15, -0.1) is 0 Å². The van der Waals surface area contributed by atoms with E-state index < -0.39 is 7.37 Å². The van der Waals surface area contributed by atoms with Crippen molar-refractivity contribution in [1.82, 2.24) is 0 Å². The lowest BCUT2D eigenvalue weighted by molar-refractivity contribution is 0.383. The molecule has 0 N–H and O–H groups in total. The molecule has 0 bridgehead atoms. The van der Waals surface area contributed by atoms with E-state index in [0.717, 1.165) is 24.0 Å². The average molecular weight is 286 g/mol. The van der Waals surface area contributed by atoms with Gasteiger partial charge in [0.05, 0.1) is 11.3 Å². The molecule has 2 aromatic carbocycles. The molecule has 2 aromatic rings. The molecule has 1 aliphatic rings. The fourth-order valence-corrected chi connectivity index (χ4v) is 6.38. The summed E-state index contributed by atoms with van der Waals surface area (Å²) in [5.41, 5.74) is 2.32. The first-order valence-corrected chi connectivity index (χ1v) is 8.77. The Hall–Kier alpha value is -1.37. The minimum absolute atomic E-state index is 0.0268. The first-order chi connectivity index (χ1) is 9.75. The quantitative estimate of drug-likeness (QED) is 0.726.